The molecule has 6 heteroatoms. The Kier molecular flexibility index (Phi) is 3.14. The molecule has 4 rings (SSSR count). The number of carbonyl (C=O) groups is 1. The highest BCUT2D eigenvalue weighted by atomic mass is 16.2. The van der Waals surface area contributed by atoms with Crippen molar-refractivity contribution in [2.24, 2.45) is 13.0 Å². The monoisotopic (exact) mass is 312 g/mol. The molecule has 0 radical (unpaired) electrons. The normalized spacial score (nSPS) is 22.8. The summed E-state index contributed by atoms with van der Waals surface area (Å²) in [5.74, 6) is 0.739. The summed E-state index contributed by atoms with van der Waals surface area (Å²) >= 11 is 0. The minimum Gasteiger partial charge on any atom is -0.342 e. The van der Waals surface area contributed by atoms with Gasteiger partial charge in [-0.15, -0.1) is 0 Å². The number of amides is 1. The first-order valence-electron chi connectivity index (χ1n) is 8.01. The number of pyridine rings is 1. The Labute approximate surface area is 134 Å². The third-order valence-electron chi connectivity index (χ3n) is 5.01. The van der Waals surface area contributed by atoms with Crippen molar-refractivity contribution in [3.05, 3.63) is 40.4 Å². The lowest BCUT2D eigenvalue weighted by atomic mass is 9.82. The fourth-order valence-corrected chi connectivity index (χ4v) is 3.93. The van der Waals surface area contributed by atoms with Crippen LogP contribution in [-0.2, 0) is 18.4 Å². The van der Waals surface area contributed by atoms with Crippen LogP contribution in [0.25, 0.3) is 11.3 Å². The van der Waals surface area contributed by atoms with Crippen LogP contribution in [-0.4, -0.2) is 38.2 Å². The van der Waals surface area contributed by atoms with E-state index < -0.39 is 0 Å². The molecule has 2 aliphatic rings. The van der Waals surface area contributed by atoms with Crippen LogP contribution in [0.2, 0.25) is 0 Å². The second-order valence-electron chi connectivity index (χ2n) is 6.72. The van der Waals surface area contributed by atoms with Crippen LogP contribution in [0.3, 0.4) is 0 Å². The molecule has 2 bridgehead atoms. The fraction of sp³-hybridized carbons (Fsp3) is 0.471. The molecule has 0 aromatic carbocycles. The number of hydrogen-bond acceptors (Lipinski definition) is 3. The first-order chi connectivity index (χ1) is 11.0. The van der Waals surface area contributed by atoms with Crippen LogP contribution < -0.4 is 5.56 Å². The average molecular weight is 312 g/mol. The summed E-state index contributed by atoms with van der Waals surface area (Å²) in [6.07, 6.45) is 2.93. The molecule has 1 saturated heterocycles. The first-order valence-corrected chi connectivity index (χ1v) is 8.01. The quantitative estimate of drug-likeness (QED) is 0.795. The van der Waals surface area contributed by atoms with E-state index in [1.54, 1.807) is 17.7 Å². The molecule has 0 aliphatic carbocycles. The lowest BCUT2D eigenvalue weighted by Crippen LogP contribution is -2.48. The minimum atomic E-state index is 0.0362. The molecule has 1 amide bonds. The molecule has 4 heterocycles. The third kappa shape index (κ3) is 2.38. The Morgan fingerprint density at radius 2 is 2.09 bits per heavy atom. The van der Waals surface area contributed by atoms with Crippen LogP contribution in [0.1, 0.15) is 25.0 Å². The molecule has 2 aromatic heterocycles. The van der Waals surface area contributed by atoms with E-state index >= 15 is 0 Å². The van der Waals surface area contributed by atoms with Crippen molar-refractivity contribution in [3.8, 4) is 11.3 Å². The largest absolute Gasteiger partial charge is 0.342 e. The molecule has 2 aromatic rings. The third-order valence-corrected chi connectivity index (χ3v) is 5.01. The van der Waals surface area contributed by atoms with Gasteiger partial charge in [0.05, 0.1) is 5.69 Å². The maximum absolute atomic E-state index is 12.6. The second-order valence-corrected chi connectivity index (χ2v) is 6.72. The Hall–Kier alpha value is -2.37. The van der Waals surface area contributed by atoms with Gasteiger partial charge in [-0.25, -0.2) is 0 Å². The smallest absolute Gasteiger partial charge is 0.251 e. The van der Waals surface area contributed by atoms with E-state index in [-0.39, 0.29) is 17.4 Å². The Balaban J connectivity index is 1.78. The molecule has 0 unspecified atom stereocenters. The number of piperidine rings is 1. The lowest BCUT2D eigenvalue weighted by Gasteiger charge is -2.42. The number of nitrogens with zero attached hydrogens (tertiary/aromatic N) is 4. The molecule has 0 saturated carbocycles. The number of rotatable bonds is 1. The molecular formula is C17H20N4O2. The van der Waals surface area contributed by atoms with E-state index in [0.29, 0.717) is 19.0 Å². The van der Waals surface area contributed by atoms with E-state index in [1.165, 1.54) is 0 Å². The number of aromatic nitrogens is 3. The molecule has 6 nitrogen and oxygen atoms in total. The fourth-order valence-electron chi connectivity index (χ4n) is 3.93. The zero-order valence-corrected chi connectivity index (χ0v) is 13.4. The highest BCUT2D eigenvalue weighted by Crippen LogP contribution is 2.36. The molecule has 0 N–H and O–H groups in total. The zero-order chi connectivity index (χ0) is 16.1. The standard InChI is InChI=1S/C17H20N4O2/c1-11(22)20-8-12-5-14(10-20)16-6-13(7-17(23)21(16)9-12)15-3-4-19(2)18-15/h3-4,6-7,12,14H,5,8-10H2,1-2H3/t12-,14+/m0/s1. The van der Waals surface area contributed by atoms with E-state index in [4.69, 9.17) is 0 Å². The van der Waals surface area contributed by atoms with Gasteiger partial charge in [-0.1, -0.05) is 0 Å². The molecule has 23 heavy (non-hydrogen) atoms. The Morgan fingerprint density at radius 3 is 2.78 bits per heavy atom. The van der Waals surface area contributed by atoms with Gasteiger partial charge in [-0.2, -0.15) is 5.10 Å². The van der Waals surface area contributed by atoms with Gasteiger partial charge in [-0.05, 0) is 24.5 Å². The maximum Gasteiger partial charge on any atom is 0.251 e. The van der Waals surface area contributed by atoms with Crippen molar-refractivity contribution in [2.75, 3.05) is 13.1 Å². The molecule has 2 aliphatic heterocycles. The van der Waals surface area contributed by atoms with Crippen LogP contribution in [0, 0.1) is 5.92 Å². The van der Waals surface area contributed by atoms with Gasteiger partial charge < -0.3 is 9.47 Å². The number of hydrogen-bond donors (Lipinski definition) is 0. The van der Waals surface area contributed by atoms with Crippen LogP contribution in [0.4, 0.5) is 0 Å². The van der Waals surface area contributed by atoms with Gasteiger partial charge in [0.25, 0.3) is 5.56 Å². The van der Waals surface area contributed by atoms with Gasteiger partial charge in [0.15, 0.2) is 0 Å². The number of carbonyl (C=O) groups excluding carboxylic acids is 1. The van der Waals surface area contributed by atoms with Crippen molar-refractivity contribution >= 4 is 5.91 Å². The predicted octanol–water partition coefficient (Wildman–Crippen LogP) is 1.21. The minimum absolute atomic E-state index is 0.0362. The van der Waals surface area contributed by atoms with Crippen molar-refractivity contribution in [1.82, 2.24) is 19.2 Å². The Bertz CT molecular complexity index is 835. The lowest BCUT2D eigenvalue weighted by molar-refractivity contribution is -0.131. The SMILES string of the molecule is CC(=O)N1C[C@@H]2C[C@H](C1)c1cc(-c3ccn(C)n3)cc(=O)n1C2. The van der Waals surface area contributed by atoms with Crippen LogP contribution >= 0.6 is 0 Å². The van der Waals surface area contributed by atoms with E-state index in [9.17, 15) is 9.59 Å². The summed E-state index contributed by atoms with van der Waals surface area (Å²) in [5.41, 5.74) is 2.75. The first kappa shape index (κ1) is 14.2. The van der Waals surface area contributed by atoms with Gasteiger partial charge >= 0.3 is 0 Å². The summed E-state index contributed by atoms with van der Waals surface area (Å²) in [6, 6.07) is 5.67. The molecule has 1 fully saturated rings. The van der Waals surface area contributed by atoms with Crippen molar-refractivity contribution < 1.29 is 4.79 Å². The molecular weight excluding hydrogens is 292 g/mol. The average Bonchev–Trinajstić information content (AvgIpc) is 2.94. The van der Waals surface area contributed by atoms with Crippen molar-refractivity contribution in [3.63, 3.8) is 0 Å². The molecule has 2 atom stereocenters. The molecule has 0 spiro atoms. The highest BCUT2D eigenvalue weighted by Gasteiger charge is 2.35. The highest BCUT2D eigenvalue weighted by molar-refractivity contribution is 5.73. The summed E-state index contributed by atoms with van der Waals surface area (Å²) in [4.78, 5) is 26.2. The van der Waals surface area contributed by atoms with E-state index in [0.717, 1.165) is 29.9 Å². The summed E-state index contributed by atoms with van der Waals surface area (Å²) in [7, 11) is 1.87. The van der Waals surface area contributed by atoms with Gasteiger partial charge in [0.1, 0.15) is 0 Å². The van der Waals surface area contributed by atoms with Crippen LogP contribution in [0.5, 0.6) is 0 Å². The van der Waals surface area contributed by atoms with E-state index in [1.807, 2.05) is 28.8 Å². The van der Waals surface area contributed by atoms with Gasteiger partial charge in [0.2, 0.25) is 5.91 Å². The molecule has 120 valence electrons. The van der Waals surface area contributed by atoms with E-state index in [2.05, 4.69) is 11.2 Å². The number of aryl methyl sites for hydroxylation is 1. The van der Waals surface area contributed by atoms with Gasteiger partial charge in [-0.3, -0.25) is 14.3 Å². The Morgan fingerprint density at radius 1 is 1.26 bits per heavy atom. The predicted molar refractivity (Wildman–Crippen MR) is 86.0 cm³/mol. The zero-order valence-electron chi connectivity index (χ0n) is 13.4. The topological polar surface area (TPSA) is 60.1 Å². The second kappa shape index (κ2) is 5.08. The van der Waals surface area contributed by atoms with Crippen molar-refractivity contribution in [2.45, 2.75) is 25.8 Å². The maximum atomic E-state index is 12.6. The summed E-state index contributed by atoms with van der Waals surface area (Å²) < 4.78 is 3.63. The number of likely N-dealkylation sites (tertiary alicyclic amines) is 1. The van der Waals surface area contributed by atoms with Crippen LogP contribution in [0.15, 0.2) is 29.2 Å². The number of fused-ring (bicyclic) bond motifs is 4. The summed E-state index contributed by atoms with van der Waals surface area (Å²) in [5, 5.41) is 4.40. The summed E-state index contributed by atoms with van der Waals surface area (Å²) in [6.45, 7) is 3.80. The van der Waals surface area contributed by atoms with Gasteiger partial charge in [0, 0.05) is 63.0 Å². The van der Waals surface area contributed by atoms with Crippen molar-refractivity contribution in [1.29, 1.82) is 0 Å².